The Morgan fingerprint density at radius 1 is 1.38 bits per heavy atom. The molecule has 1 amide bonds. The van der Waals surface area contributed by atoms with E-state index in [0.717, 1.165) is 12.1 Å². The topological polar surface area (TPSA) is 70.0 Å². The molecule has 24 heavy (non-hydrogen) atoms. The highest BCUT2D eigenvalue weighted by atomic mass is 19.2. The lowest BCUT2D eigenvalue weighted by Gasteiger charge is -2.44. The van der Waals surface area contributed by atoms with Crippen LogP contribution in [-0.2, 0) is 10.3 Å². The van der Waals surface area contributed by atoms with Gasteiger partial charge in [0.1, 0.15) is 5.60 Å². The van der Waals surface area contributed by atoms with Crippen LogP contribution in [0.15, 0.2) is 18.2 Å². The van der Waals surface area contributed by atoms with Gasteiger partial charge in [0, 0.05) is 19.0 Å². The van der Waals surface area contributed by atoms with Gasteiger partial charge < -0.3 is 19.8 Å². The van der Waals surface area contributed by atoms with Gasteiger partial charge in [0.05, 0.1) is 12.2 Å². The summed E-state index contributed by atoms with van der Waals surface area (Å²) < 4.78 is 31.9. The second-order valence-corrected chi connectivity index (χ2v) is 7.11. The first kappa shape index (κ1) is 18.6. The van der Waals surface area contributed by atoms with Crippen molar-refractivity contribution in [3.63, 3.8) is 0 Å². The summed E-state index contributed by atoms with van der Waals surface area (Å²) in [7, 11) is 0. The molecule has 2 atom stereocenters. The molecule has 0 saturated carbocycles. The number of piperidine rings is 1. The molecule has 0 unspecified atom stereocenters. The van der Waals surface area contributed by atoms with Crippen molar-refractivity contribution in [2.45, 2.75) is 38.4 Å². The van der Waals surface area contributed by atoms with E-state index in [0.29, 0.717) is 0 Å². The van der Waals surface area contributed by atoms with Gasteiger partial charge >= 0.3 is 6.09 Å². The van der Waals surface area contributed by atoms with Gasteiger partial charge in [-0.15, -0.1) is 0 Å². The van der Waals surface area contributed by atoms with Crippen LogP contribution in [0.3, 0.4) is 0 Å². The van der Waals surface area contributed by atoms with E-state index in [1.807, 2.05) is 0 Å². The van der Waals surface area contributed by atoms with Crippen LogP contribution in [0.5, 0.6) is 0 Å². The number of rotatable bonds is 2. The highest BCUT2D eigenvalue weighted by molar-refractivity contribution is 5.68. The number of nitrogens with zero attached hydrogens (tertiary/aromatic N) is 1. The largest absolute Gasteiger partial charge is 0.444 e. The maximum Gasteiger partial charge on any atom is 0.410 e. The van der Waals surface area contributed by atoms with Gasteiger partial charge in [-0.3, -0.25) is 0 Å². The number of aliphatic hydroxyl groups excluding tert-OH is 1. The lowest BCUT2D eigenvalue weighted by atomic mass is 9.76. The van der Waals surface area contributed by atoms with Crippen LogP contribution in [0.2, 0.25) is 0 Å². The zero-order chi connectivity index (χ0) is 18.1. The van der Waals surface area contributed by atoms with Crippen LogP contribution >= 0.6 is 0 Å². The van der Waals surface area contributed by atoms with E-state index in [1.165, 1.54) is 11.0 Å². The van der Waals surface area contributed by atoms with E-state index in [4.69, 9.17) is 4.74 Å². The third-order valence-electron chi connectivity index (χ3n) is 4.17. The van der Waals surface area contributed by atoms with Crippen LogP contribution in [0.1, 0.15) is 32.8 Å². The number of hydrogen-bond donors (Lipinski definition) is 2. The summed E-state index contributed by atoms with van der Waals surface area (Å²) in [6.07, 6.45) is -0.448. The molecule has 134 valence electrons. The number of carbonyl (C=O) groups is 1. The highest BCUT2D eigenvalue weighted by Gasteiger charge is 2.44. The van der Waals surface area contributed by atoms with Crippen molar-refractivity contribution in [1.29, 1.82) is 0 Å². The first-order chi connectivity index (χ1) is 11.1. The van der Waals surface area contributed by atoms with Gasteiger partial charge in [0.15, 0.2) is 11.6 Å². The van der Waals surface area contributed by atoms with Crippen molar-refractivity contribution in [3.05, 3.63) is 35.4 Å². The molecule has 1 aromatic rings. The van der Waals surface area contributed by atoms with Crippen LogP contribution in [0.25, 0.3) is 0 Å². The molecule has 1 fully saturated rings. The van der Waals surface area contributed by atoms with Gasteiger partial charge in [0.2, 0.25) is 0 Å². The van der Waals surface area contributed by atoms with Crippen LogP contribution in [-0.4, -0.2) is 46.5 Å². The molecule has 0 bridgehead atoms. The van der Waals surface area contributed by atoms with Gasteiger partial charge in [0.25, 0.3) is 0 Å². The Kier molecular flexibility index (Phi) is 5.15. The van der Waals surface area contributed by atoms with Crippen molar-refractivity contribution in [2.75, 3.05) is 19.7 Å². The van der Waals surface area contributed by atoms with E-state index in [2.05, 4.69) is 0 Å². The Balaban J connectivity index is 2.20. The molecule has 0 aliphatic carbocycles. The van der Waals surface area contributed by atoms with E-state index < -0.39 is 41.5 Å². The lowest BCUT2D eigenvalue weighted by Crippen LogP contribution is -2.53. The summed E-state index contributed by atoms with van der Waals surface area (Å²) in [6, 6.07) is 3.17. The molecule has 2 N–H and O–H groups in total. The van der Waals surface area contributed by atoms with Crippen molar-refractivity contribution in [2.24, 2.45) is 5.92 Å². The summed E-state index contributed by atoms with van der Waals surface area (Å²) in [5, 5.41) is 20.6. The number of amides is 1. The molecule has 0 radical (unpaired) electrons. The Morgan fingerprint density at radius 3 is 2.58 bits per heavy atom. The quantitative estimate of drug-likeness (QED) is 0.865. The second-order valence-electron chi connectivity index (χ2n) is 7.11. The van der Waals surface area contributed by atoms with Gasteiger partial charge in [-0.05, 0) is 44.9 Å². The van der Waals surface area contributed by atoms with E-state index >= 15 is 0 Å². The van der Waals surface area contributed by atoms with Gasteiger partial charge in [-0.1, -0.05) is 6.07 Å². The Hall–Kier alpha value is -1.73. The summed E-state index contributed by atoms with van der Waals surface area (Å²) in [5.74, 6) is -2.80. The number of halogens is 2. The average Bonchev–Trinajstić information content (AvgIpc) is 2.48. The minimum atomic E-state index is -1.54. The third kappa shape index (κ3) is 3.84. The number of aliphatic hydroxyl groups is 2. The first-order valence-electron chi connectivity index (χ1n) is 7.83. The predicted molar refractivity (Wildman–Crippen MR) is 83.3 cm³/mol. The van der Waals surface area contributed by atoms with Gasteiger partial charge in [-0.25, -0.2) is 13.6 Å². The molecular formula is C17H23F2NO4. The molecular weight excluding hydrogens is 320 g/mol. The minimum absolute atomic E-state index is 0.0565. The predicted octanol–water partition coefficient (Wildman–Crippen LogP) is 2.40. The Morgan fingerprint density at radius 2 is 2.04 bits per heavy atom. The van der Waals surface area contributed by atoms with Crippen molar-refractivity contribution < 1.29 is 28.5 Å². The number of hydrogen-bond acceptors (Lipinski definition) is 4. The Labute approximate surface area is 139 Å². The molecule has 7 heteroatoms. The number of carbonyl (C=O) groups excluding carboxylic acids is 1. The fraction of sp³-hybridized carbons (Fsp3) is 0.588. The minimum Gasteiger partial charge on any atom is -0.444 e. The summed E-state index contributed by atoms with van der Waals surface area (Å²) in [6.45, 7) is 5.07. The molecule has 1 aliphatic heterocycles. The molecule has 5 nitrogen and oxygen atoms in total. The average molecular weight is 343 g/mol. The fourth-order valence-corrected chi connectivity index (χ4v) is 2.86. The van der Waals surface area contributed by atoms with E-state index in [-0.39, 0.29) is 25.1 Å². The van der Waals surface area contributed by atoms with E-state index in [1.54, 1.807) is 20.8 Å². The van der Waals surface area contributed by atoms with E-state index in [9.17, 15) is 23.8 Å². The normalized spacial score (nSPS) is 24.8. The maximum atomic E-state index is 13.5. The van der Waals surface area contributed by atoms with Crippen LogP contribution < -0.4 is 0 Å². The standard InChI is InChI=1S/C17H23F2NO4/c1-16(2,3)24-15(22)20-7-6-17(23,12(9-20)10-21)11-4-5-13(18)14(19)8-11/h4-5,8,12,21,23H,6-7,9-10H2,1-3H3/t12-,17+/m1/s1. The monoisotopic (exact) mass is 343 g/mol. The van der Waals surface area contributed by atoms with Crippen molar-refractivity contribution in [1.82, 2.24) is 4.90 Å². The molecule has 1 saturated heterocycles. The second kappa shape index (κ2) is 6.64. The molecule has 1 aromatic carbocycles. The number of ether oxygens (including phenoxy) is 1. The zero-order valence-corrected chi connectivity index (χ0v) is 14.1. The van der Waals surface area contributed by atoms with Crippen molar-refractivity contribution in [3.8, 4) is 0 Å². The molecule has 0 spiro atoms. The fourth-order valence-electron chi connectivity index (χ4n) is 2.86. The maximum absolute atomic E-state index is 13.5. The number of benzene rings is 1. The summed E-state index contributed by atoms with van der Waals surface area (Å²) in [4.78, 5) is 13.6. The molecule has 2 rings (SSSR count). The lowest BCUT2D eigenvalue weighted by molar-refractivity contribution is -0.0946. The summed E-state index contributed by atoms with van der Waals surface area (Å²) >= 11 is 0. The smallest absolute Gasteiger partial charge is 0.410 e. The SMILES string of the molecule is CC(C)(C)OC(=O)N1CC[C@](O)(c2ccc(F)c(F)c2)[C@@H](CO)C1. The van der Waals surface area contributed by atoms with Crippen molar-refractivity contribution >= 4 is 6.09 Å². The molecule has 0 aromatic heterocycles. The third-order valence-corrected chi connectivity index (χ3v) is 4.17. The number of likely N-dealkylation sites (tertiary alicyclic amines) is 1. The molecule has 1 aliphatic rings. The van der Waals surface area contributed by atoms with Gasteiger partial charge in [-0.2, -0.15) is 0 Å². The van der Waals surface area contributed by atoms with Crippen LogP contribution in [0.4, 0.5) is 13.6 Å². The summed E-state index contributed by atoms with van der Waals surface area (Å²) in [5.41, 5.74) is -2.01. The molecule has 1 heterocycles. The van der Waals surface area contributed by atoms with Crippen LogP contribution in [0, 0.1) is 17.6 Å². The zero-order valence-electron chi connectivity index (χ0n) is 14.1. The highest BCUT2D eigenvalue weighted by Crippen LogP contribution is 2.38. The Bertz CT molecular complexity index is 617. The first-order valence-corrected chi connectivity index (χ1v) is 7.83.